The molecule has 0 unspecified atom stereocenters. The van der Waals surface area contributed by atoms with Gasteiger partial charge in [-0.1, -0.05) is 119 Å². The third kappa shape index (κ3) is 17.2. The van der Waals surface area contributed by atoms with Gasteiger partial charge < -0.3 is 0 Å². The molecule has 0 nitrogen and oxygen atoms in total. The molecule has 0 saturated heterocycles. The molecular weight excluding hydrogens is 300 g/mol. The molecule has 0 spiro atoms. The molecule has 0 aliphatic carbocycles. The molecule has 152 valence electrons. The van der Waals surface area contributed by atoms with Crippen LogP contribution in [0.25, 0.3) is 0 Å². The van der Waals surface area contributed by atoms with Crippen LogP contribution in [0, 0.1) is 16.7 Å². The lowest BCUT2D eigenvalue weighted by atomic mass is 9.78. The molecule has 25 heavy (non-hydrogen) atoms. The topological polar surface area (TPSA) is 0 Å². The van der Waals surface area contributed by atoms with Gasteiger partial charge in [-0.05, 0) is 42.4 Å². The van der Waals surface area contributed by atoms with Gasteiger partial charge in [0.2, 0.25) is 0 Å². The monoisotopic (exact) mass is 352 g/mol. The Balaban J connectivity index is 3.69. The molecule has 0 heteroatoms. The van der Waals surface area contributed by atoms with E-state index in [9.17, 15) is 0 Å². The van der Waals surface area contributed by atoms with Crippen molar-refractivity contribution in [1.29, 1.82) is 0 Å². The van der Waals surface area contributed by atoms with Crippen molar-refractivity contribution in [2.24, 2.45) is 16.7 Å². The average Bonchev–Trinajstić information content (AvgIpc) is 2.50. The van der Waals surface area contributed by atoms with E-state index >= 15 is 0 Å². The van der Waals surface area contributed by atoms with E-state index in [0.29, 0.717) is 10.8 Å². The van der Waals surface area contributed by atoms with Crippen LogP contribution < -0.4 is 0 Å². The summed E-state index contributed by atoms with van der Waals surface area (Å²) in [6.07, 6.45) is 21.4. The van der Waals surface area contributed by atoms with Crippen LogP contribution in [0.5, 0.6) is 0 Å². The Bertz CT molecular complexity index is 284. The summed E-state index contributed by atoms with van der Waals surface area (Å²) < 4.78 is 0. The Morgan fingerprint density at radius 1 is 0.520 bits per heavy atom. The summed E-state index contributed by atoms with van der Waals surface area (Å²) in [5.41, 5.74) is 1.11. The van der Waals surface area contributed by atoms with E-state index in [1.165, 1.54) is 96.3 Å². The predicted molar refractivity (Wildman–Crippen MR) is 117 cm³/mol. The van der Waals surface area contributed by atoms with Crippen LogP contribution in [0.15, 0.2) is 0 Å². The van der Waals surface area contributed by atoms with Gasteiger partial charge in [-0.2, -0.15) is 0 Å². The summed E-state index contributed by atoms with van der Waals surface area (Å²) in [4.78, 5) is 0. The van der Waals surface area contributed by atoms with Crippen LogP contribution in [0.4, 0.5) is 0 Å². The summed E-state index contributed by atoms with van der Waals surface area (Å²) >= 11 is 0. The third-order valence-electron chi connectivity index (χ3n) is 6.05. The highest BCUT2D eigenvalue weighted by atomic mass is 14.3. The first-order valence-electron chi connectivity index (χ1n) is 11.7. The number of hydrogen-bond donors (Lipinski definition) is 0. The van der Waals surface area contributed by atoms with Gasteiger partial charge in [-0.25, -0.2) is 0 Å². The normalized spacial score (nSPS) is 13.0. The van der Waals surface area contributed by atoms with Crippen LogP contribution >= 0.6 is 0 Å². The number of rotatable bonds is 17. The molecule has 0 bridgehead atoms. The number of unbranched alkanes of at least 4 members (excludes halogenated alkanes) is 7. The maximum absolute atomic E-state index is 2.50. The Morgan fingerprint density at radius 3 is 1.32 bits per heavy atom. The quantitative estimate of drug-likeness (QED) is 0.228. The standard InChI is InChI=1S/C25H52/c1-8-9-10-11-12-13-14-19-24(4,5)20-15-16-21-25(6,7)22-17-18-23(2)3/h23H,8-22H2,1-7H3. The first-order chi connectivity index (χ1) is 11.7. The first-order valence-corrected chi connectivity index (χ1v) is 11.7. The molecule has 0 rings (SSSR count). The largest absolute Gasteiger partial charge is 0.0654 e. The van der Waals surface area contributed by atoms with Gasteiger partial charge in [0.15, 0.2) is 0 Å². The first kappa shape index (κ1) is 25.0. The van der Waals surface area contributed by atoms with Crippen LogP contribution in [-0.2, 0) is 0 Å². The summed E-state index contributed by atoms with van der Waals surface area (Å²) in [5.74, 6) is 0.864. The van der Waals surface area contributed by atoms with Gasteiger partial charge in [0.05, 0.1) is 0 Å². The maximum atomic E-state index is 2.50. The summed E-state index contributed by atoms with van der Waals surface area (Å²) in [7, 11) is 0. The molecule has 0 atom stereocenters. The molecular formula is C25H52. The van der Waals surface area contributed by atoms with E-state index < -0.39 is 0 Å². The molecule has 0 radical (unpaired) electrons. The molecule has 0 aromatic carbocycles. The zero-order valence-corrected chi connectivity index (χ0v) is 19.2. The Morgan fingerprint density at radius 2 is 0.880 bits per heavy atom. The van der Waals surface area contributed by atoms with Crippen molar-refractivity contribution in [3.05, 3.63) is 0 Å². The van der Waals surface area contributed by atoms with Crippen LogP contribution in [0.2, 0.25) is 0 Å². The molecule has 0 aliphatic rings. The van der Waals surface area contributed by atoms with Crippen molar-refractivity contribution in [1.82, 2.24) is 0 Å². The summed E-state index contributed by atoms with van der Waals surface area (Å²) in [6.45, 7) is 17.0. The van der Waals surface area contributed by atoms with Crippen molar-refractivity contribution in [2.75, 3.05) is 0 Å². The zero-order valence-electron chi connectivity index (χ0n) is 19.2. The van der Waals surface area contributed by atoms with E-state index in [0.717, 1.165) is 5.92 Å². The molecule has 0 fully saturated rings. The molecule has 0 amide bonds. The minimum absolute atomic E-state index is 0.553. The van der Waals surface area contributed by atoms with Crippen molar-refractivity contribution >= 4 is 0 Å². The highest BCUT2D eigenvalue weighted by molar-refractivity contribution is 4.72. The Labute approximate surface area is 161 Å². The fraction of sp³-hybridized carbons (Fsp3) is 1.00. The lowest BCUT2D eigenvalue weighted by Gasteiger charge is -2.27. The smallest absolute Gasteiger partial charge is 0.0354 e. The minimum Gasteiger partial charge on any atom is -0.0654 e. The molecule has 0 saturated carbocycles. The minimum atomic E-state index is 0.553. The predicted octanol–water partition coefficient (Wildman–Crippen LogP) is 9.57. The van der Waals surface area contributed by atoms with E-state index in [-0.39, 0.29) is 0 Å². The summed E-state index contributed by atoms with van der Waals surface area (Å²) in [6, 6.07) is 0. The maximum Gasteiger partial charge on any atom is -0.0354 e. The van der Waals surface area contributed by atoms with Gasteiger partial charge in [-0.15, -0.1) is 0 Å². The SMILES string of the molecule is CCCCCCCCCC(C)(C)CCCCC(C)(C)CCCC(C)C. The summed E-state index contributed by atoms with van der Waals surface area (Å²) in [5, 5.41) is 0. The lowest BCUT2D eigenvalue weighted by Crippen LogP contribution is -2.14. The fourth-order valence-electron chi connectivity index (χ4n) is 4.01. The molecule has 0 aromatic rings. The highest BCUT2D eigenvalue weighted by Gasteiger charge is 2.20. The van der Waals surface area contributed by atoms with Gasteiger partial charge in [0.1, 0.15) is 0 Å². The van der Waals surface area contributed by atoms with Crippen LogP contribution in [0.1, 0.15) is 145 Å². The van der Waals surface area contributed by atoms with Gasteiger partial charge in [0, 0.05) is 0 Å². The third-order valence-corrected chi connectivity index (χ3v) is 6.05. The fourth-order valence-corrected chi connectivity index (χ4v) is 4.01. The Kier molecular flexibility index (Phi) is 14.1. The molecule has 0 heterocycles. The van der Waals surface area contributed by atoms with Crippen molar-refractivity contribution < 1.29 is 0 Å². The van der Waals surface area contributed by atoms with Crippen LogP contribution in [-0.4, -0.2) is 0 Å². The molecule has 0 N–H and O–H groups in total. The van der Waals surface area contributed by atoms with Gasteiger partial charge >= 0.3 is 0 Å². The molecule has 0 aromatic heterocycles. The zero-order chi connectivity index (χ0) is 19.2. The molecule has 0 aliphatic heterocycles. The number of hydrogen-bond acceptors (Lipinski definition) is 0. The van der Waals surface area contributed by atoms with Crippen molar-refractivity contribution in [3.63, 3.8) is 0 Å². The second-order valence-electron chi connectivity index (χ2n) is 10.7. The van der Waals surface area contributed by atoms with E-state index in [4.69, 9.17) is 0 Å². The van der Waals surface area contributed by atoms with Gasteiger partial charge in [0.25, 0.3) is 0 Å². The van der Waals surface area contributed by atoms with E-state index in [1.54, 1.807) is 0 Å². The second kappa shape index (κ2) is 14.1. The lowest BCUT2D eigenvalue weighted by molar-refractivity contribution is 0.249. The van der Waals surface area contributed by atoms with E-state index in [2.05, 4.69) is 48.5 Å². The average molecular weight is 353 g/mol. The van der Waals surface area contributed by atoms with Crippen molar-refractivity contribution in [2.45, 2.75) is 145 Å². The second-order valence-corrected chi connectivity index (χ2v) is 10.7. The van der Waals surface area contributed by atoms with E-state index in [1.807, 2.05) is 0 Å². The highest BCUT2D eigenvalue weighted by Crippen LogP contribution is 2.34. The van der Waals surface area contributed by atoms with Crippen molar-refractivity contribution in [3.8, 4) is 0 Å². The Hall–Kier alpha value is 0. The van der Waals surface area contributed by atoms with Gasteiger partial charge in [-0.3, -0.25) is 0 Å². The van der Waals surface area contributed by atoms with Crippen LogP contribution in [0.3, 0.4) is 0 Å².